The lowest BCUT2D eigenvalue weighted by Crippen LogP contribution is -2.43. The van der Waals surface area contributed by atoms with Gasteiger partial charge in [0.2, 0.25) is 5.91 Å². The Morgan fingerprint density at radius 1 is 0.868 bits per heavy atom. The predicted octanol–water partition coefficient (Wildman–Crippen LogP) is 5.82. The number of nitrogens with zero attached hydrogens (tertiary/aromatic N) is 2. The Morgan fingerprint density at radius 3 is 2.24 bits per heavy atom. The van der Waals surface area contributed by atoms with Crippen LogP contribution in [0, 0.1) is 12.8 Å². The molecule has 6 heteroatoms. The molecule has 0 unspecified atom stereocenters. The minimum atomic E-state index is -0.231. The standard InChI is InChI=1S/C32H34N2O4/c1-23(2)16-17-33(32(37)26-12-8-5-9-13-26)21-30(35)34(19-25-10-6-4-7-11-25)20-27-22-38-29-15-14-24(3)18-28(29)31(27)36/h4-15,18,22-23H,16-17,19-21H2,1-3H3. The predicted molar refractivity (Wildman–Crippen MR) is 150 cm³/mol. The molecule has 0 radical (unpaired) electrons. The van der Waals surface area contributed by atoms with Gasteiger partial charge < -0.3 is 14.2 Å². The van der Waals surface area contributed by atoms with Gasteiger partial charge in [-0.05, 0) is 49.1 Å². The summed E-state index contributed by atoms with van der Waals surface area (Å²) < 4.78 is 5.75. The molecule has 0 aliphatic carbocycles. The summed E-state index contributed by atoms with van der Waals surface area (Å²) in [6.07, 6.45) is 2.22. The number of hydrogen-bond donors (Lipinski definition) is 0. The Balaban J connectivity index is 1.63. The number of aryl methyl sites for hydroxylation is 1. The summed E-state index contributed by atoms with van der Waals surface area (Å²) in [6, 6.07) is 24.1. The van der Waals surface area contributed by atoms with Gasteiger partial charge in [-0.15, -0.1) is 0 Å². The lowest BCUT2D eigenvalue weighted by molar-refractivity contribution is -0.133. The average Bonchev–Trinajstić information content (AvgIpc) is 2.92. The zero-order valence-corrected chi connectivity index (χ0v) is 22.2. The van der Waals surface area contributed by atoms with E-state index in [1.165, 1.54) is 6.26 Å². The van der Waals surface area contributed by atoms with Crippen LogP contribution in [-0.2, 0) is 17.9 Å². The molecular weight excluding hydrogens is 476 g/mol. The van der Waals surface area contributed by atoms with E-state index in [0.29, 0.717) is 41.1 Å². The molecule has 1 heterocycles. The second-order valence-corrected chi connectivity index (χ2v) is 10.1. The van der Waals surface area contributed by atoms with Crippen molar-refractivity contribution in [1.29, 1.82) is 0 Å². The van der Waals surface area contributed by atoms with E-state index in [0.717, 1.165) is 17.5 Å². The normalized spacial score (nSPS) is 11.1. The Labute approximate surface area is 223 Å². The molecule has 0 fully saturated rings. The van der Waals surface area contributed by atoms with Crippen LogP contribution in [0.3, 0.4) is 0 Å². The second kappa shape index (κ2) is 12.4. The highest BCUT2D eigenvalue weighted by Crippen LogP contribution is 2.17. The fourth-order valence-electron chi connectivity index (χ4n) is 4.33. The topological polar surface area (TPSA) is 70.8 Å². The van der Waals surface area contributed by atoms with Crippen LogP contribution in [0.2, 0.25) is 0 Å². The molecule has 0 aliphatic rings. The number of fused-ring (bicyclic) bond motifs is 1. The van der Waals surface area contributed by atoms with Crippen LogP contribution in [-0.4, -0.2) is 34.7 Å². The van der Waals surface area contributed by atoms with Crippen molar-refractivity contribution >= 4 is 22.8 Å². The van der Waals surface area contributed by atoms with Gasteiger partial charge in [-0.25, -0.2) is 0 Å². The summed E-state index contributed by atoms with van der Waals surface area (Å²) in [5, 5.41) is 0.493. The number of carbonyl (C=O) groups excluding carboxylic acids is 2. The number of hydrogen-bond acceptors (Lipinski definition) is 4. The van der Waals surface area contributed by atoms with Gasteiger partial charge >= 0.3 is 0 Å². The van der Waals surface area contributed by atoms with Crippen LogP contribution >= 0.6 is 0 Å². The molecular formula is C32H34N2O4. The van der Waals surface area contributed by atoms with E-state index in [1.54, 1.807) is 34.1 Å². The Bertz CT molecular complexity index is 1450. The maximum atomic E-state index is 13.8. The van der Waals surface area contributed by atoms with E-state index >= 15 is 0 Å². The summed E-state index contributed by atoms with van der Waals surface area (Å²) >= 11 is 0. The third-order valence-corrected chi connectivity index (χ3v) is 6.54. The molecule has 0 spiro atoms. The SMILES string of the molecule is Cc1ccc2occ(CN(Cc3ccccc3)C(=O)CN(CCC(C)C)C(=O)c3ccccc3)c(=O)c2c1. The van der Waals surface area contributed by atoms with Crippen molar-refractivity contribution in [3.8, 4) is 0 Å². The molecule has 0 N–H and O–H groups in total. The number of amides is 2. The maximum Gasteiger partial charge on any atom is 0.254 e. The van der Waals surface area contributed by atoms with E-state index < -0.39 is 0 Å². The van der Waals surface area contributed by atoms with E-state index in [4.69, 9.17) is 4.42 Å². The number of rotatable bonds is 10. The first-order valence-electron chi connectivity index (χ1n) is 13.0. The fraction of sp³-hybridized carbons (Fsp3) is 0.281. The summed E-state index contributed by atoms with van der Waals surface area (Å²) in [4.78, 5) is 43.7. The molecule has 0 bridgehead atoms. The van der Waals surface area contributed by atoms with Gasteiger partial charge in [0.15, 0.2) is 5.43 Å². The zero-order chi connectivity index (χ0) is 27.1. The molecule has 0 saturated carbocycles. The number of benzene rings is 3. The van der Waals surface area contributed by atoms with Crippen molar-refractivity contribution < 1.29 is 14.0 Å². The summed E-state index contributed by atoms with van der Waals surface area (Å²) in [5.74, 6) is -0.0344. The molecule has 1 aromatic heterocycles. The number of carbonyl (C=O) groups is 2. The van der Waals surface area contributed by atoms with Gasteiger partial charge in [-0.3, -0.25) is 14.4 Å². The van der Waals surface area contributed by atoms with Crippen LogP contribution in [0.1, 0.15) is 47.3 Å². The lowest BCUT2D eigenvalue weighted by atomic mass is 10.1. The summed E-state index contributed by atoms with van der Waals surface area (Å²) in [6.45, 7) is 6.89. The van der Waals surface area contributed by atoms with Crippen molar-refractivity contribution in [3.63, 3.8) is 0 Å². The Morgan fingerprint density at radius 2 is 1.55 bits per heavy atom. The largest absolute Gasteiger partial charge is 0.464 e. The second-order valence-electron chi connectivity index (χ2n) is 10.1. The van der Waals surface area contributed by atoms with Gasteiger partial charge in [0.1, 0.15) is 12.1 Å². The van der Waals surface area contributed by atoms with E-state index in [-0.39, 0.29) is 30.3 Å². The quantitative estimate of drug-likeness (QED) is 0.270. The van der Waals surface area contributed by atoms with Crippen LogP contribution in [0.25, 0.3) is 11.0 Å². The van der Waals surface area contributed by atoms with Crippen molar-refractivity contribution in [2.45, 2.75) is 40.3 Å². The molecule has 0 atom stereocenters. The van der Waals surface area contributed by atoms with Gasteiger partial charge in [-0.2, -0.15) is 0 Å². The van der Waals surface area contributed by atoms with Gasteiger partial charge in [0.05, 0.1) is 23.8 Å². The van der Waals surface area contributed by atoms with Crippen LogP contribution in [0.15, 0.2) is 94.3 Å². The maximum absolute atomic E-state index is 13.8. The van der Waals surface area contributed by atoms with E-state index in [2.05, 4.69) is 13.8 Å². The highest BCUT2D eigenvalue weighted by Gasteiger charge is 2.24. The third kappa shape index (κ3) is 6.76. The first kappa shape index (κ1) is 26.9. The van der Waals surface area contributed by atoms with Gasteiger partial charge in [-0.1, -0.05) is 74.0 Å². The van der Waals surface area contributed by atoms with Crippen molar-refractivity contribution in [2.24, 2.45) is 5.92 Å². The zero-order valence-electron chi connectivity index (χ0n) is 22.2. The van der Waals surface area contributed by atoms with E-state index in [1.807, 2.05) is 61.5 Å². The van der Waals surface area contributed by atoms with Gasteiger partial charge in [0, 0.05) is 18.7 Å². The van der Waals surface area contributed by atoms with E-state index in [9.17, 15) is 14.4 Å². The molecule has 4 aromatic rings. The van der Waals surface area contributed by atoms with Gasteiger partial charge in [0.25, 0.3) is 5.91 Å². The first-order chi connectivity index (χ1) is 18.3. The molecule has 0 aliphatic heterocycles. The molecule has 3 aromatic carbocycles. The molecule has 38 heavy (non-hydrogen) atoms. The molecule has 0 saturated heterocycles. The molecule has 196 valence electrons. The van der Waals surface area contributed by atoms with Crippen LogP contribution < -0.4 is 5.43 Å². The minimum absolute atomic E-state index is 0.0781. The van der Waals surface area contributed by atoms with Crippen molar-refractivity contribution in [1.82, 2.24) is 9.80 Å². The first-order valence-corrected chi connectivity index (χ1v) is 13.0. The van der Waals surface area contributed by atoms with Crippen molar-refractivity contribution in [2.75, 3.05) is 13.1 Å². The lowest BCUT2D eigenvalue weighted by Gasteiger charge is -2.28. The Hall–Kier alpha value is -4.19. The highest BCUT2D eigenvalue weighted by molar-refractivity contribution is 5.96. The molecule has 2 amide bonds. The summed E-state index contributed by atoms with van der Waals surface area (Å²) in [7, 11) is 0. The molecule has 6 nitrogen and oxygen atoms in total. The highest BCUT2D eigenvalue weighted by atomic mass is 16.3. The molecule has 4 rings (SSSR count). The van der Waals surface area contributed by atoms with Crippen LogP contribution in [0.4, 0.5) is 0 Å². The fourth-order valence-corrected chi connectivity index (χ4v) is 4.33. The minimum Gasteiger partial charge on any atom is -0.464 e. The Kier molecular flexibility index (Phi) is 8.74. The third-order valence-electron chi connectivity index (χ3n) is 6.54. The van der Waals surface area contributed by atoms with Crippen molar-refractivity contribution in [3.05, 3.63) is 118 Å². The summed E-state index contributed by atoms with van der Waals surface area (Å²) in [5.41, 5.74) is 3.19. The van der Waals surface area contributed by atoms with Crippen LogP contribution in [0.5, 0.6) is 0 Å². The average molecular weight is 511 g/mol. The monoisotopic (exact) mass is 510 g/mol. The smallest absolute Gasteiger partial charge is 0.254 e.